The van der Waals surface area contributed by atoms with Crippen LogP contribution in [0.5, 0.6) is 0 Å². The number of hydrogen-bond donors (Lipinski definition) is 1. The highest BCUT2D eigenvalue weighted by atomic mass is 15.3. The van der Waals surface area contributed by atoms with Gasteiger partial charge in [0.05, 0.1) is 0 Å². The zero-order valence-corrected chi connectivity index (χ0v) is 14.8. The van der Waals surface area contributed by atoms with Crippen molar-refractivity contribution in [3.63, 3.8) is 0 Å². The molecule has 2 heteroatoms. The lowest BCUT2D eigenvalue weighted by atomic mass is 9.78. The molecule has 1 heterocycles. The topological polar surface area (TPSA) is 15.3 Å². The van der Waals surface area contributed by atoms with E-state index in [9.17, 15) is 0 Å². The van der Waals surface area contributed by atoms with Gasteiger partial charge in [-0.15, -0.1) is 0 Å². The summed E-state index contributed by atoms with van der Waals surface area (Å²) < 4.78 is 0. The molecule has 1 unspecified atom stereocenters. The predicted molar refractivity (Wildman–Crippen MR) is 90.5 cm³/mol. The molecule has 0 aromatic heterocycles. The molecule has 0 aromatic rings. The van der Waals surface area contributed by atoms with Crippen LogP contribution >= 0.6 is 0 Å². The summed E-state index contributed by atoms with van der Waals surface area (Å²) in [5.74, 6) is 1.61. The van der Waals surface area contributed by atoms with Gasteiger partial charge in [-0.1, -0.05) is 47.0 Å². The summed E-state index contributed by atoms with van der Waals surface area (Å²) in [5, 5.41) is 3.99. The van der Waals surface area contributed by atoms with E-state index in [0.29, 0.717) is 11.0 Å². The molecule has 2 saturated carbocycles. The minimum absolute atomic E-state index is 0.455. The molecular weight excluding hydrogens is 256 g/mol. The number of rotatable bonds is 4. The molecule has 3 fully saturated rings. The first-order chi connectivity index (χ1) is 9.96. The standard InChI is InChI=1S/C19H36N2/c1-15(2)17-12-20-19(8-6-5-7-9-19)14-21(17)13-18(10-11-18)16(3)4/h15-17,20H,5-14H2,1-4H3. The van der Waals surface area contributed by atoms with Crippen molar-refractivity contribution in [2.45, 2.75) is 84.2 Å². The van der Waals surface area contributed by atoms with Crippen LogP contribution < -0.4 is 5.32 Å². The Morgan fingerprint density at radius 2 is 1.67 bits per heavy atom. The van der Waals surface area contributed by atoms with Crippen LogP contribution in [-0.2, 0) is 0 Å². The van der Waals surface area contributed by atoms with E-state index in [0.717, 1.165) is 17.9 Å². The molecule has 21 heavy (non-hydrogen) atoms. The molecule has 0 radical (unpaired) electrons. The van der Waals surface area contributed by atoms with Crippen LogP contribution in [0.25, 0.3) is 0 Å². The second-order valence-electron chi connectivity index (χ2n) is 8.96. The Hall–Kier alpha value is -0.0800. The van der Waals surface area contributed by atoms with E-state index < -0.39 is 0 Å². The Morgan fingerprint density at radius 1 is 1.00 bits per heavy atom. The molecule has 0 aromatic carbocycles. The van der Waals surface area contributed by atoms with Crippen molar-refractivity contribution in [1.82, 2.24) is 10.2 Å². The summed E-state index contributed by atoms with van der Waals surface area (Å²) >= 11 is 0. The Balaban J connectivity index is 1.72. The third-order valence-corrected chi connectivity index (χ3v) is 6.88. The average molecular weight is 293 g/mol. The molecule has 0 amide bonds. The van der Waals surface area contributed by atoms with Crippen LogP contribution in [0.4, 0.5) is 0 Å². The summed E-state index contributed by atoms with van der Waals surface area (Å²) in [6, 6.07) is 0.744. The van der Waals surface area contributed by atoms with E-state index in [2.05, 4.69) is 37.9 Å². The van der Waals surface area contributed by atoms with Crippen LogP contribution in [0.2, 0.25) is 0 Å². The Bertz CT molecular complexity index is 351. The molecule has 1 saturated heterocycles. The number of hydrogen-bond acceptors (Lipinski definition) is 2. The molecular formula is C19H36N2. The third-order valence-electron chi connectivity index (χ3n) is 6.88. The van der Waals surface area contributed by atoms with Crippen molar-refractivity contribution >= 4 is 0 Å². The second-order valence-corrected chi connectivity index (χ2v) is 8.96. The van der Waals surface area contributed by atoms with Gasteiger partial charge in [0.1, 0.15) is 0 Å². The monoisotopic (exact) mass is 292 g/mol. The first-order valence-electron chi connectivity index (χ1n) is 9.46. The number of nitrogens with one attached hydrogen (secondary N) is 1. The van der Waals surface area contributed by atoms with Gasteiger partial charge in [-0.3, -0.25) is 4.90 Å². The molecule has 1 aliphatic heterocycles. The van der Waals surface area contributed by atoms with Gasteiger partial charge in [0, 0.05) is 31.2 Å². The molecule has 1 spiro atoms. The fraction of sp³-hybridized carbons (Fsp3) is 1.00. The normalized spacial score (nSPS) is 32.0. The van der Waals surface area contributed by atoms with Crippen LogP contribution in [0.1, 0.15) is 72.6 Å². The Kier molecular flexibility index (Phi) is 4.40. The van der Waals surface area contributed by atoms with Crippen molar-refractivity contribution in [2.24, 2.45) is 17.3 Å². The molecule has 0 bridgehead atoms. The quantitative estimate of drug-likeness (QED) is 0.841. The van der Waals surface area contributed by atoms with E-state index in [4.69, 9.17) is 0 Å². The van der Waals surface area contributed by atoms with Crippen LogP contribution in [0.15, 0.2) is 0 Å². The maximum atomic E-state index is 3.99. The highest BCUT2D eigenvalue weighted by Gasteiger charge is 2.49. The lowest BCUT2D eigenvalue weighted by molar-refractivity contribution is 0.0165. The minimum atomic E-state index is 0.455. The molecule has 122 valence electrons. The average Bonchev–Trinajstić information content (AvgIpc) is 3.20. The van der Waals surface area contributed by atoms with E-state index in [-0.39, 0.29) is 0 Å². The smallest absolute Gasteiger partial charge is 0.0309 e. The third kappa shape index (κ3) is 3.17. The van der Waals surface area contributed by atoms with Crippen LogP contribution in [0.3, 0.4) is 0 Å². The van der Waals surface area contributed by atoms with Gasteiger partial charge >= 0.3 is 0 Å². The van der Waals surface area contributed by atoms with Gasteiger partial charge in [-0.2, -0.15) is 0 Å². The van der Waals surface area contributed by atoms with Crippen molar-refractivity contribution in [3.8, 4) is 0 Å². The minimum Gasteiger partial charge on any atom is -0.308 e. The fourth-order valence-corrected chi connectivity index (χ4v) is 4.89. The summed E-state index contributed by atoms with van der Waals surface area (Å²) in [4.78, 5) is 2.90. The van der Waals surface area contributed by atoms with Crippen molar-refractivity contribution in [1.29, 1.82) is 0 Å². The molecule has 3 rings (SSSR count). The molecule has 3 aliphatic rings. The predicted octanol–water partition coefficient (Wildman–Crippen LogP) is 4.06. The summed E-state index contributed by atoms with van der Waals surface area (Å²) in [6.07, 6.45) is 10.1. The zero-order chi connectivity index (χ0) is 15.1. The molecule has 1 atom stereocenters. The molecule has 2 aliphatic carbocycles. The van der Waals surface area contributed by atoms with Gasteiger partial charge in [-0.25, -0.2) is 0 Å². The largest absolute Gasteiger partial charge is 0.308 e. The molecule has 2 nitrogen and oxygen atoms in total. The molecule has 1 N–H and O–H groups in total. The SMILES string of the molecule is CC(C)C1CNC2(CCCCC2)CN1CC1(C(C)C)CC1. The summed E-state index contributed by atoms with van der Waals surface area (Å²) in [7, 11) is 0. The Morgan fingerprint density at radius 3 is 2.19 bits per heavy atom. The van der Waals surface area contributed by atoms with E-state index >= 15 is 0 Å². The summed E-state index contributed by atoms with van der Waals surface area (Å²) in [6.45, 7) is 13.6. The van der Waals surface area contributed by atoms with E-state index in [1.807, 2.05) is 0 Å². The number of piperazine rings is 1. The maximum Gasteiger partial charge on any atom is 0.0309 e. The highest BCUT2D eigenvalue weighted by Crippen LogP contribution is 2.53. The van der Waals surface area contributed by atoms with Gasteiger partial charge in [0.2, 0.25) is 0 Å². The van der Waals surface area contributed by atoms with E-state index in [1.54, 1.807) is 0 Å². The maximum absolute atomic E-state index is 3.99. The number of nitrogens with zero attached hydrogens (tertiary/aromatic N) is 1. The van der Waals surface area contributed by atoms with Crippen molar-refractivity contribution < 1.29 is 0 Å². The lowest BCUT2D eigenvalue weighted by Crippen LogP contribution is -2.66. The lowest BCUT2D eigenvalue weighted by Gasteiger charge is -2.52. The highest BCUT2D eigenvalue weighted by molar-refractivity contribution is 5.05. The van der Waals surface area contributed by atoms with Gasteiger partial charge in [-0.05, 0) is 42.9 Å². The second kappa shape index (κ2) is 5.85. The van der Waals surface area contributed by atoms with Crippen LogP contribution in [-0.4, -0.2) is 36.1 Å². The van der Waals surface area contributed by atoms with Gasteiger partial charge < -0.3 is 5.32 Å². The first-order valence-corrected chi connectivity index (χ1v) is 9.46. The van der Waals surface area contributed by atoms with Crippen LogP contribution in [0, 0.1) is 17.3 Å². The first kappa shape index (κ1) is 15.8. The Labute approximate surface area is 132 Å². The summed E-state index contributed by atoms with van der Waals surface area (Å²) in [5.41, 5.74) is 1.11. The van der Waals surface area contributed by atoms with Crippen molar-refractivity contribution in [2.75, 3.05) is 19.6 Å². The van der Waals surface area contributed by atoms with Gasteiger partial charge in [0.15, 0.2) is 0 Å². The van der Waals surface area contributed by atoms with Gasteiger partial charge in [0.25, 0.3) is 0 Å². The fourth-order valence-electron chi connectivity index (χ4n) is 4.89. The van der Waals surface area contributed by atoms with E-state index in [1.165, 1.54) is 64.6 Å². The van der Waals surface area contributed by atoms with Crippen molar-refractivity contribution in [3.05, 3.63) is 0 Å². The zero-order valence-electron chi connectivity index (χ0n) is 14.8.